The van der Waals surface area contributed by atoms with Crippen LogP contribution >= 0.6 is 0 Å². The average Bonchev–Trinajstić information content (AvgIpc) is 2.70. The first-order chi connectivity index (χ1) is 7.20. The van der Waals surface area contributed by atoms with Crippen LogP contribution in [0.15, 0.2) is 0 Å². The van der Waals surface area contributed by atoms with Gasteiger partial charge >= 0.3 is 0 Å². The predicted octanol–water partition coefficient (Wildman–Crippen LogP) is 0.113. The first-order valence-corrected chi connectivity index (χ1v) is 5.91. The number of hydrogen-bond acceptors (Lipinski definition) is 3. The summed E-state index contributed by atoms with van der Waals surface area (Å²) in [6, 6.07) is 0. The smallest absolute Gasteiger partial charge is 0.225 e. The Morgan fingerprint density at radius 3 is 2.67 bits per heavy atom. The minimum absolute atomic E-state index is 0.124. The van der Waals surface area contributed by atoms with E-state index in [0.717, 1.165) is 45.3 Å². The van der Waals surface area contributed by atoms with E-state index in [-0.39, 0.29) is 5.91 Å². The molecule has 2 fully saturated rings. The van der Waals surface area contributed by atoms with E-state index < -0.39 is 5.60 Å². The summed E-state index contributed by atoms with van der Waals surface area (Å²) in [5.41, 5.74) is -0.794. The van der Waals surface area contributed by atoms with Crippen molar-refractivity contribution >= 4 is 5.91 Å². The summed E-state index contributed by atoms with van der Waals surface area (Å²) in [5, 5.41) is 13.3. The topological polar surface area (TPSA) is 52.6 Å². The van der Waals surface area contributed by atoms with Crippen LogP contribution in [0.25, 0.3) is 0 Å². The Hall–Kier alpha value is -0.610. The fraction of sp³-hybridized carbons (Fsp3) is 0.909. The molecule has 4 nitrogen and oxygen atoms in total. The summed E-state index contributed by atoms with van der Waals surface area (Å²) < 4.78 is 0. The van der Waals surface area contributed by atoms with Crippen LogP contribution in [0.3, 0.4) is 0 Å². The van der Waals surface area contributed by atoms with E-state index in [4.69, 9.17) is 0 Å². The number of rotatable bonds is 2. The van der Waals surface area contributed by atoms with Crippen molar-refractivity contribution in [3.05, 3.63) is 0 Å². The molecule has 0 aromatic rings. The minimum Gasteiger partial charge on any atom is -0.388 e. The number of nitrogens with one attached hydrogen (secondary N) is 1. The molecule has 1 atom stereocenters. The maximum absolute atomic E-state index is 11.9. The zero-order valence-corrected chi connectivity index (χ0v) is 9.17. The fourth-order valence-corrected chi connectivity index (χ4v) is 2.46. The lowest BCUT2D eigenvalue weighted by Crippen LogP contribution is -2.48. The quantitative estimate of drug-likeness (QED) is 0.683. The van der Waals surface area contributed by atoms with Gasteiger partial charge in [-0.1, -0.05) is 0 Å². The molecule has 2 rings (SSSR count). The number of piperidine rings is 1. The minimum atomic E-state index is -0.794. The van der Waals surface area contributed by atoms with E-state index in [1.54, 1.807) is 0 Å². The van der Waals surface area contributed by atoms with Crippen LogP contribution in [0.5, 0.6) is 0 Å². The lowest BCUT2D eigenvalue weighted by Gasteiger charge is -2.33. The van der Waals surface area contributed by atoms with E-state index in [2.05, 4.69) is 5.32 Å². The van der Waals surface area contributed by atoms with Crippen molar-refractivity contribution in [3.8, 4) is 0 Å². The van der Waals surface area contributed by atoms with Gasteiger partial charge in [-0.05, 0) is 32.2 Å². The standard InChI is InChI=1S/C11H20N2O2/c14-10(13-6-1-2-7-13)8-11(15)4-3-5-12-9-11/h12,15H,1-9H2. The van der Waals surface area contributed by atoms with Gasteiger partial charge in [0.2, 0.25) is 5.91 Å². The third-order valence-electron chi connectivity index (χ3n) is 3.39. The van der Waals surface area contributed by atoms with Gasteiger partial charge in [-0.3, -0.25) is 4.79 Å². The number of hydrogen-bond donors (Lipinski definition) is 2. The SMILES string of the molecule is O=C(CC1(O)CCCNC1)N1CCCC1. The molecule has 0 bridgehead atoms. The zero-order valence-electron chi connectivity index (χ0n) is 9.17. The molecule has 86 valence electrons. The van der Waals surface area contributed by atoms with Gasteiger partial charge in [-0.25, -0.2) is 0 Å². The largest absolute Gasteiger partial charge is 0.388 e. The van der Waals surface area contributed by atoms with Crippen molar-refractivity contribution in [1.29, 1.82) is 0 Å². The summed E-state index contributed by atoms with van der Waals surface area (Å²) in [5.74, 6) is 0.124. The average molecular weight is 212 g/mol. The van der Waals surface area contributed by atoms with Gasteiger partial charge in [-0.15, -0.1) is 0 Å². The number of amides is 1. The highest BCUT2D eigenvalue weighted by Crippen LogP contribution is 2.22. The van der Waals surface area contributed by atoms with Gasteiger partial charge < -0.3 is 15.3 Å². The van der Waals surface area contributed by atoms with Crippen LogP contribution in [0.2, 0.25) is 0 Å². The van der Waals surface area contributed by atoms with Gasteiger partial charge in [0.25, 0.3) is 0 Å². The second-order valence-electron chi connectivity index (χ2n) is 4.77. The number of aliphatic hydroxyl groups is 1. The molecule has 0 radical (unpaired) electrons. The lowest BCUT2D eigenvalue weighted by molar-refractivity contribution is -0.136. The molecule has 2 aliphatic heterocycles. The van der Waals surface area contributed by atoms with Gasteiger partial charge in [0.15, 0.2) is 0 Å². The first kappa shape index (κ1) is 10.9. The van der Waals surface area contributed by atoms with E-state index >= 15 is 0 Å². The van der Waals surface area contributed by atoms with Crippen LogP contribution in [0.1, 0.15) is 32.1 Å². The Balaban J connectivity index is 1.86. The maximum atomic E-state index is 11.9. The second-order valence-corrected chi connectivity index (χ2v) is 4.77. The Kier molecular flexibility index (Phi) is 3.26. The normalized spacial score (nSPS) is 31.9. The Morgan fingerprint density at radius 2 is 2.07 bits per heavy atom. The molecule has 0 aromatic carbocycles. The van der Waals surface area contributed by atoms with Gasteiger partial charge in [0.1, 0.15) is 0 Å². The Morgan fingerprint density at radius 1 is 1.33 bits per heavy atom. The van der Waals surface area contributed by atoms with Crippen LogP contribution < -0.4 is 5.32 Å². The molecule has 0 aromatic heterocycles. The zero-order chi connectivity index (χ0) is 10.7. The maximum Gasteiger partial charge on any atom is 0.225 e. The number of carbonyl (C=O) groups excluding carboxylic acids is 1. The molecule has 0 aliphatic carbocycles. The molecule has 0 saturated carbocycles. The van der Waals surface area contributed by atoms with Crippen LogP contribution in [-0.4, -0.2) is 47.7 Å². The molecule has 4 heteroatoms. The van der Waals surface area contributed by atoms with E-state index in [1.807, 2.05) is 4.90 Å². The third-order valence-corrected chi connectivity index (χ3v) is 3.39. The number of likely N-dealkylation sites (tertiary alicyclic amines) is 1. The van der Waals surface area contributed by atoms with Crippen molar-refractivity contribution < 1.29 is 9.90 Å². The molecule has 1 unspecified atom stereocenters. The predicted molar refractivity (Wildman–Crippen MR) is 57.5 cm³/mol. The van der Waals surface area contributed by atoms with Crippen molar-refractivity contribution in [3.63, 3.8) is 0 Å². The monoisotopic (exact) mass is 212 g/mol. The fourth-order valence-electron chi connectivity index (χ4n) is 2.46. The molecule has 0 spiro atoms. The molecule has 2 aliphatic rings. The van der Waals surface area contributed by atoms with E-state index in [0.29, 0.717) is 13.0 Å². The number of nitrogens with zero attached hydrogens (tertiary/aromatic N) is 1. The molecule has 2 saturated heterocycles. The highest BCUT2D eigenvalue weighted by Gasteiger charge is 2.33. The summed E-state index contributed by atoms with van der Waals surface area (Å²) in [6.07, 6.45) is 4.23. The molecular weight excluding hydrogens is 192 g/mol. The Labute approximate surface area is 90.6 Å². The van der Waals surface area contributed by atoms with E-state index in [9.17, 15) is 9.90 Å². The molecule has 2 heterocycles. The van der Waals surface area contributed by atoms with Crippen molar-refractivity contribution in [1.82, 2.24) is 10.2 Å². The highest BCUT2D eigenvalue weighted by molar-refractivity contribution is 5.77. The third kappa shape index (κ3) is 2.69. The van der Waals surface area contributed by atoms with E-state index in [1.165, 1.54) is 0 Å². The Bertz CT molecular complexity index is 231. The van der Waals surface area contributed by atoms with Crippen LogP contribution in [0.4, 0.5) is 0 Å². The summed E-state index contributed by atoms with van der Waals surface area (Å²) in [6.45, 7) is 3.28. The highest BCUT2D eigenvalue weighted by atomic mass is 16.3. The van der Waals surface area contributed by atoms with Gasteiger partial charge in [0.05, 0.1) is 12.0 Å². The lowest BCUT2D eigenvalue weighted by atomic mass is 9.90. The molecule has 2 N–H and O–H groups in total. The van der Waals surface area contributed by atoms with Crippen LogP contribution in [0, 0.1) is 0 Å². The van der Waals surface area contributed by atoms with Crippen LogP contribution in [-0.2, 0) is 4.79 Å². The van der Waals surface area contributed by atoms with Crippen molar-refractivity contribution in [2.75, 3.05) is 26.2 Å². The summed E-state index contributed by atoms with van der Waals surface area (Å²) in [4.78, 5) is 13.7. The molecular formula is C11H20N2O2. The van der Waals surface area contributed by atoms with Crippen molar-refractivity contribution in [2.24, 2.45) is 0 Å². The van der Waals surface area contributed by atoms with Gasteiger partial charge in [0, 0.05) is 19.6 Å². The second kappa shape index (κ2) is 4.49. The first-order valence-electron chi connectivity index (χ1n) is 5.91. The van der Waals surface area contributed by atoms with Gasteiger partial charge in [-0.2, -0.15) is 0 Å². The molecule has 15 heavy (non-hydrogen) atoms. The number of carbonyl (C=O) groups is 1. The summed E-state index contributed by atoms with van der Waals surface area (Å²) >= 11 is 0. The number of β-amino-alcohol motifs (C(OH)–C–C–N with tert-alkyl or cyclic N) is 1. The molecule has 1 amide bonds. The summed E-state index contributed by atoms with van der Waals surface area (Å²) in [7, 11) is 0. The van der Waals surface area contributed by atoms with Crippen molar-refractivity contribution in [2.45, 2.75) is 37.7 Å².